The van der Waals surface area contributed by atoms with Crippen LogP contribution in [0.1, 0.15) is 35.4 Å². The van der Waals surface area contributed by atoms with Gasteiger partial charge in [0.25, 0.3) is 0 Å². The van der Waals surface area contributed by atoms with E-state index in [1.54, 1.807) is 6.08 Å². The Morgan fingerprint density at radius 2 is 1.79 bits per heavy atom. The lowest BCUT2D eigenvalue weighted by atomic mass is 10.0. The van der Waals surface area contributed by atoms with E-state index in [2.05, 4.69) is 15.4 Å². The van der Waals surface area contributed by atoms with E-state index >= 15 is 0 Å². The predicted octanol–water partition coefficient (Wildman–Crippen LogP) is 4.70. The quantitative estimate of drug-likeness (QED) is 0.550. The number of alkyl halides is 3. The zero-order valence-corrected chi connectivity index (χ0v) is 19.0. The highest BCUT2D eigenvalue weighted by Crippen LogP contribution is 2.29. The summed E-state index contributed by atoms with van der Waals surface area (Å²) in [5, 5.41) is 7.61. The minimum Gasteiger partial charge on any atom is -0.356 e. The number of nitrogens with zero attached hydrogens (tertiary/aromatic N) is 4. The Labute approximate surface area is 196 Å². The Bertz CT molecular complexity index is 1160. The number of benzene rings is 1. The van der Waals surface area contributed by atoms with E-state index in [0.29, 0.717) is 31.7 Å². The molecule has 0 bridgehead atoms. The predicted molar refractivity (Wildman–Crippen MR) is 125 cm³/mol. The van der Waals surface area contributed by atoms with Crippen molar-refractivity contribution in [3.05, 3.63) is 77.3 Å². The van der Waals surface area contributed by atoms with Crippen molar-refractivity contribution in [2.75, 3.05) is 18.0 Å². The lowest BCUT2D eigenvalue weighted by Crippen LogP contribution is -2.44. The van der Waals surface area contributed by atoms with Crippen molar-refractivity contribution in [3.8, 4) is 5.69 Å². The molecule has 1 aliphatic heterocycles. The molecule has 1 aromatic carbocycles. The molecule has 0 radical (unpaired) electrons. The van der Waals surface area contributed by atoms with Gasteiger partial charge in [0, 0.05) is 42.7 Å². The van der Waals surface area contributed by atoms with Gasteiger partial charge >= 0.3 is 6.18 Å². The number of carbonyl (C=O) groups excluding carboxylic acids is 1. The number of aryl methyl sites for hydroxylation is 1. The molecule has 0 atom stereocenters. The molecule has 0 aliphatic carbocycles. The molecule has 1 amide bonds. The average Bonchev–Trinajstić information content (AvgIpc) is 3.11. The van der Waals surface area contributed by atoms with E-state index in [1.165, 1.54) is 12.1 Å². The zero-order chi connectivity index (χ0) is 24.3. The van der Waals surface area contributed by atoms with Gasteiger partial charge < -0.3 is 10.2 Å². The Kier molecular flexibility index (Phi) is 6.72. The van der Waals surface area contributed by atoms with Crippen molar-refractivity contribution in [1.29, 1.82) is 0 Å². The first-order valence-corrected chi connectivity index (χ1v) is 11.1. The summed E-state index contributed by atoms with van der Waals surface area (Å²) in [6, 6.07) is 12.2. The number of amides is 1. The third-order valence-electron chi connectivity index (χ3n) is 5.99. The smallest absolute Gasteiger partial charge is 0.356 e. The maximum absolute atomic E-state index is 12.7. The molecule has 1 N–H and O–H groups in total. The van der Waals surface area contributed by atoms with Crippen molar-refractivity contribution in [2.45, 2.75) is 38.9 Å². The van der Waals surface area contributed by atoms with Crippen LogP contribution in [0.15, 0.2) is 54.7 Å². The maximum Gasteiger partial charge on any atom is 0.417 e. The van der Waals surface area contributed by atoms with Crippen LogP contribution in [-0.4, -0.2) is 39.8 Å². The molecule has 4 rings (SSSR count). The van der Waals surface area contributed by atoms with Gasteiger partial charge in [0.15, 0.2) is 0 Å². The normalized spacial score (nSPS) is 15.1. The number of rotatable bonds is 5. The number of anilines is 1. The summed E-state index contributed by atoms with van der Waals surface area (Å²) < 4.78 is 40.0. The van der Waals surface area contributed by atoms with E-state index in [9.17, 15) is 18.0 Å². The number of halogens is 3. The third kappa shape index (κ3) is 5.30. The summed E-state index contributed by atoms with van der Waals surface area (Å²) in [6.45, 7) is 5.09. The van der Waals surface area contributed by atoms with Gasteiger partial charge in [-0.2, -0.15) is 18.3 Å². The number of pyridine rings is 1. The molecule has 1 saturated heterocycles. The lowest BCUT2D eigenvalue weighted by molar-refractivity contribution is -0.137. The number of nitrogens with one attached hydrogen (secondary N) is 1. The molecule has 6 nitrogen and oxygen atoms in total. The molecule has 2 aromatic heterocycles. The van der Waals surface area contributed by atoms with E-state index in [-0.39, 0.29) is 11.9 Å². The van der Waals surface area contributed by atoms with E-state index in [0.717, 1.165) is 34.9 Å². The molecular weight excluding hydrogens is 443 g/mol. The van der Waals surface area contributed by atoms with Gasteiger partial charge in [0.1, 0.15) is 5.82 Å². The first-order valence-electron chi connectivity index (χ1n) is 11.1. The zero-order valence-electron chi connectivity index (χ0n) is 19.0. The molecule has 3 aromatic rings. The van der Waals surface area contributed by atoms with Crippen LogP contribution in [-0.2, 0) is 11.0 Å². The molecule has 0 saturated carbocycles. The third-order valence-corrected chi connectivity index (χ3v) is 5.99. The Morgan fingerprint density at radius 3 is 2.41 bits per heavy atom. The molecule has 3 heterocycles. The molecule has 178 valence electrons. The summed E-state index contributed by atoms with van der Waals surface area (Å²) in [4.78, 5) is 18.4. The summed E-state index contributed by atoms with van der Waals surface area (Å²) >= 11 is 0. The van der Waals surface area contributed by atoms with Crippen molar-refractivity contribution in [2.24, 2.45) is 0 Å². The Balaban J connectivity index is 1.32. The Hall–Kier alpha value is -3.62. The maximum atomic E-state index is 12.7. The molecule has 34 heavy (non-hydrogen) atoms. The van der Waals surface area contributed by atoms with Gasteiger partial charge in [0.2, 0.25) is 5.91 Å². The minimum absolute atomic E-state index is 0.00270. The number of hydrogen-bond donors (Lipinski definition) is 1. The number of para-hydroxylation sites is 1. The molecule has 0 spiro atoms. The average molecular weight is 470 g/mol. The molecule has 9 heteroatoms. The number of aromatic nitrogens is 3. The van der Waals surface area contributed by atoms with Gasteiger partial charge in [-0.1, -0.05) is 18.2 Å². The van der Waals surface area contributed by atoms with Crippen molar-refractivity contribution >= 4 is 17.8 Å². The second kappa shape index (κ2) is 9.70. The summed E-state index contributed by atoms with van der Waals surface area (Å²) in [5.74, 6) is 0.330. The van der Waals surface area contributed by atoms with Crippen molar-refractivity contribution < 1.29 is 18.0 Å². The SMILES string of the molecule is Cc1nn(-c2ccccc2)c(C)c1/C=C/C(=O)NC1CCN(c2ccc(C(F)(F)F)cn2)CC1. The van der Waals surface area contributed by atoms with Gasteiger partial charge in [-0.25, -0.2) is 9.67 Å². The number of piperidine rings is 1. The Morgan fingerprint density at radius 1 is 1.09 bits per heavy atom. The molecule has 0 unspecified atom stereocenters. The van der Waals surface area contributed by atoms with Gasteiger partial charge in [0.05, 0.1) is 16.9 Å². The van der Waals surface area contributed by atoms with Crippen LogP contribution in [0.3, 0.4) is 0 Å². The monoisotopic (exact) mass is 469 g/mol. The largest absolute Gasteiger partial charge is 0.417 e. The molecule has 1 fully saturated rings. The highest BCUT2D eigenvalue weighted by atomic mass is 19.4. The molecule has 1 aliphatic rings. The fourth-order valence-corrected chi connectivity index (χ4v) is 4.12. The van der Waals surface area contributed by atoms with Crippen LogP contribution < -0.4 is 10.2 Å². The van der Waals surface area contributed by atoms with Crippen molar-refractivity contribution in [1.82, 2.24) is 20.1 Å². The minimum atomic E-state index is -4.40. The fourth-order valence-electron chi connectivity index (χ4n) is 4.12. The standard InChI is InChI=1S/C25H26F3N5O/c1-17-22(18(2)33(31-17)21-6-4-3-5-7-21)9-11-24(34)30-20-12-14-32(15-13-20)23-10-8-19(16-29-23)25(26,27)28/h3-11,16,20H,12-15H2,1-2H3,(H,30,34)/b11-9+. The van der Waals surface area contributed by atoms with Crippen LogP contribution in [0.2, 0.25) is 0 Å². The first kappa shape index (κ1) is 23.5. The van der Waals surface area contributed by atoms with E-state index in [1.807, 2.05) is 53.8 Å². The fraction of sp³-hybridized carbons (Fsp3) is 0.320. The second-order valence-electron chi connectivity index (χ2n) is 8.34. The molecular formula is C25H26F3N5O. The van der Waals surface area contributed by atoms with Gasteiger partial charge in [-0.05, 0) is 57.0 Å². The van der Waals surface area contributed by atoms with Crippen molar-refractivity contribution in [3.63, 3.8) is 0 Å². The summed E-state index contributed by atoms with van der Waals surface area (Å²) in [5.41, 5.74) is 2.89. The topological polar surface area (TPSA) is 63.1 Å². The summed E-state index contributed by atoms with van der Waals surface area (Å²) in [7, 11) is 0. The lowest BCUT2D eigenvalue weighted by Gasteiger charge is -2.33. The van der Waals surface area contributed by atoms with E-state index in [4.69, 9.17) is 0 Å². The summed E-state index contributed by atoms with van der Waals surface area (Å²) in [6.07, 6.45) is 1.15. The van der Waals surface area contributed by atoms with Crippen LogP contribution >= 0.6 is 0 Å². The van der Waals surface area contributed by atoms with Gasteiger partial charge in [-0.3, -0.25) is 4.79 Å². The van der Waals surface area contributed by atoms with Gasteiger partial charge in [-0.15, -0.1) is 0 Å². The van der Waals surface area contributed by atoms with Crippen LogP contribution in [0.4, 0.5) is 19.0 Å². The van der Waals surface area contributed by atoms with Crippen LogP contribution in [0, 0.1) is 13.8 Å². The van der Waals surface area contributed by atoms with Crippen LogP contribution in [0.25, 0.3) is 11.8 Å². The number of hydrogen-bond acceptors (Lipinski definition) is 4. The number of carbonyl (C=O) groups is 1. The first-order chi connectivity index (χ1) is 16.2. The highest BCUT2D eigenvalue weighted by Gasteiger charge is 2.31. The van der Waals surface area contributed by atoms with E-state index < -0.39 is 11.7 Å². The highest BCUT2D eigenvalue weighted by molar-refractivity contribution is 5.92. The second-order valence-corrected chi connectivity index (χ2v) is 8.34. The van der Waals surface area contributed by atoms with Crippen LogP contribution in [0.5, 0.6) is 0 Å².